The molecule has 0 aromatic heterocycles. The Morgan fingerprint density at radius 3 is 2.35 bits per heavy atom. The second kappa shape index (κ2) is 5.47. The minimum absolute atomic E-state index is 0.523. The lowest BCUT2D eigenvalue weighted by molar-refractivity contribution is 0.531. The van der Waals surface area contributed by atoms with Crippen LogP contribution < -0.4 is 5.14 Å². The van der Waals surface area contributed by atoms with Crippen LogP contribution >= 0.6 is 0 Å². The fourth-order valence-electron chi connectivity index (χ4n) is 1.36. The molecule has 0 saturated carbocycles. The fraction of sp³-hybridized carbons (Fsp3) is 0.385. The zero-order valence-electron chi connectivity index (χ0n) is 10.3. The summed E-state index contributed by atoms with van der Waals surface area (Å²) in [5.74, 6) is 0. The van der Waals surface area contributed by atoms with Crippen LogP contribution in [0.3, 0.4) is 0 Å². The van der Waals surface area contributed by atoms with Crippen LogP contribution in [0.2, 0.25) is 0 Å². The Balaban J connectivity index is 2.52. The Hall–Kier alpha value is -1.13. The summed E-state index contributed by atoms with van der Waals surface area (Å²) in [5.41, 5.74) is 1.11. The predicted molar refractivity (Wildman–Crippen MR) is 71.9 cm³/mol. The lowest BCUT2D eigenvalue weighted by atomic mass is 10.1. The van der Waals surface area contributed by atoms with Crippen molar-refractivity contribution in [3.8, 4) is 0 Å². The Bertz CT molecular complexity index is 475. The monoisotopic (exact) mass is 253 g/mol. The molecule has 1 rings (SSSR count). The van der Waals surface area contributed by atoms with E-state index in [9.17, 15) is 8.42 Å². The maximum Gasteiger partial charge on any atom is 0.214 e. The molecule has 0 aliphatic heterocycles. The topological polar surface area (TPSA) is 60.2 Å². The fourth-order valence-corrected chi connectivity index (χ4v) is 1.76. The van der Waals surface area contributed by atoms with Gasteiger partial charge in [-0.2, -0.15) is 0 Å². The van der Waals surface area contributed by atoms with E-state index in [2.05, 4.69) is 0 Å². The molecule has 0 amide bonds. The Labute approximate surface area is 103 Å². The molecule has 1 aromatic rings. The highest BCUT2D eigenvalue weighted by molar-refractivity contribution is 7.90. The van der Waals surface area contributed by atoms with Gasteiger partial charge < -0.3 is 0 Å². The van der Waals surface area contributed by atoms with Gasteiger partial charge in [0.15, 0.2) is 0 Å². The van der Waals surface area contributed by atoms with Gasteiger partial charge in [0, 0.05) is 0 Å². The highest BCUT2D eigenvalue weighted by Gasteiger charge is 2.29. The first kappa shape index (κ1) is 13.9. The first-order valence-corrected chi connectivity index (χ1v) is 7.11. The van der Waals surface area contributed by atoms with Crippen molar-refractivity contribution in [2.45, 2.75) is 31.4 Å². The summed E-state index contributed by atoms with van der Waals surface area (Å²) in [4.78, 5) is 0. The molecule has 2 N–H and O–H groups in total. The summed E-state index contributed by atoms with van der Waals surface area (Å²) in [6.45, 7) is 3.30. The number of hydrogen-bond donors (Lipinski definition) is 1. The molecule has 17 heavy (non-hydrogen) atoms. The normalized spacial score (nSPS) is 13.1. The zero-order valence-corrected chi connectivity index (χ0v) is 11.1. The lowest BCUT2D eigenvalue weighted by Gasteiger charge is -2.20. The van der Waals surface area contributed by atoms with Crippen molar-refractivity contribution >= 4 is 16.1 Å². The van der Waals surface area contributed by atoms with Gasteiger partial charge >= 0.3 is 0 Å². The molecule has 0 unspecified atom stereocenters. The number of rotatable bonds is 5. The van der Waals surface area contributed by atoms with Crippen molar-refractivity contribution in [1.29, 1.82) is 0 Å². The molecule has 0 fully saturated rings. The summed E-state index contributed by atoms with van der Waals surface area (Å²) in [6.07, 6.45) is 5.18. The van der Waals surface area contributed by atoms with Gasteiger partial charge in [0.2, 0.25) is 10.0 Å². The number of benzene rings is 1. The molecule has 0 atom stereocenters. The second-order valence-electron chi connectivity index (χ2n) is 4.66. The van der Waals surface area contributed by atoms with Crippen molar-refractivity contribution in [2.75, 3.05) is 0 Å². The van der Waals surface area contributed by atoms with Crippen molar-refractivity contribution in [3.63, 3.8) is 0 Å². The summed E-state index contributed by atoms with van der Waals surface area (Å²) < 4.78 is 21.7. The summed E-state index contributed by atoms with van der Waals surface area (Å²) in [6, 6.07) is 9.89. The standard InChI is InChI=1S/C13H19NO2S/c1-13(2,17(14,15)16)11-7-6-10-12-8-4-3-5-9-12/h3-6,8-10H,7,11H2,1-2H3,(H2,14,15,16)/b10-6+. The largest absolute Gasteiger partial charge is 0.228 e. The van der Waals surface area contributed by atoms with Crippen LogP contribution in [0.25, 0.3) is 6.08 Å². The number of primary sulfonamides is 1. The molecule has 0 aliphatic carbocycles. The molecule has 0 radical (unpaired) electrons. The van der Waals surface area contributed by atoms with Crippen molar-refractivity contribution in [2.24, 2.45) is 5.14 Å². The summed E-state index contributed by atoms with van der Waals surface area (Å²) in [5, 5.41) is 5.15. The molecule has 0 saturated heterocycles. The predicted octanol–water partition coefficient (Wildman–Crippen LogP) is 2.55. The first-order chi connectivity index (χ1) is 7.83. The van der Waals surface area contributed by atoms with Gasteiger partial charge in [-0.1, -0.05) is 42.5 Å². The van der Waals surface area contributed by atoms with Gasteiger partial charge in [0.05, 0.1) is 4.75 Å². The van der Waals surface area contributed by atoms with Crippen LogP contribution in [0.15, 0.2) is 36.4 Å². The molecule has 4 heteroatoms. The minimum atomic E-state index is -3.48. The Kier molecular flexibility index (Phi) is 4.48. The zero-order chi connectivity index (χ0) is 12.9. The van der Waals surface area contributed by atoms with Gasteiger partial charge in [0.25, 0.3) is 0 Å². The molecule has 0 heterocycles. The number of nitrogens with two attached hydrogens (primary N) is 1. The number of sulfonamides is 1. The molecule has 0 spiro atoms. The highest BCUT2D eigenvalue weighted by Crippen LogP contribution is 2.20. The SMILES string of the molecule is CC(C)(CC/C=C/c1ccccc1)S(N)(=O)=O. The molecule has 0 aliphatic rings. The first-order valence-electron chi connectivity index (χ1n) is 5.57. The molecule has 94 valence electrons. The molecular formula is C13H19NO2S. The van der Waals surface area contributed by atoms with Crippen molar-refractivity contribution in [3.05, 3.63) is 42.0 Å². The van der Waals surface area contributed by atoms with E-state index in [-0.39, 0.29) is 0 Å². The van der Waals surface area contributed by atoms with E-state index < -0.39 is 14.8 Å². The van der Waals surface area contributed by atoms with Crippen LogP contribution in [0.4, 0.5) is 0 Å². The van der Waals surface area contributed by atoms with Crippen LogP contribution in [0.5, 0.6) is 0 Å². The number of hydrogen-bond acceptors (Lipinski definition) is 2. The van der Waals surface area contributed by atoms with Crippen LogP contribution in [0.1, 0.15) is 32.3 Å². The second-order valence-corrected chi connectivity index (χ2v) is 6.85. The average Bonchev–Trinajstić information content (AvgIpc) is 2.24. The maximum atomic E-state index is 11.3. The summed E-state index contributed by atoms with van der Waals surface area (Å²) >= 11 is 0. The van der Waals surface area contributed by atoms with E-state index in [0.717, 1.165) is 5.56 Å². The van der Waals surface area contributed by atoms with E-state index in [1.54, 1.807) is 13.8 Å². The highest BCUT2D eigenvalue weighted by atomic mass is 32.2. The van der Waals surface area contributed by atoms with Gasteiger partial charge in [-0.3, -0.25) is 0 Å². The number of allylic oxidation sites excluding steroid dienone is 1. The average molecular weight is 253 g/mol. The minimum Gasteiger partial charge on any atom is -0.228 e. The Morgan fingerprint density at radius 1 is 1.24 bits per heavy atom. The van der Waals surface area contributed by atoms with E-state index in [0.29, 0.717) is 12.8 Å². The van der Waals surface area contributed by atoms with E-state index in [4.69, 9.17) is 5.14 Å². The van der Waals surface area contributed by atoms with Gasteiger partial charge in [0.1, 0.15) is 0 Å². The molecule has 1 aromatic carbocycles. The van der Waals surface area contributed by atoms with Crippen LogP contribution in [-0.2, 0) is 10.0 Å². The third-order valence-corrected chi connectivity index (χ3v) is 4.54. The summed E-state index contributed by atoms with van der Waals surface area (Å²) in [7, 11) is -3.48. The van der Waals surface area contributed by atoms with Gasteiger partial charge in [-0.15, -0.1) is 0 Å². The van der Waals surface area contributed by atoms with Crippen molar-refractivity contribution < 1.29 is 8.42 Å². The van der Waals surface area contributed by atoms with E-state index >= 15 is 0 Å². The quantitative estimate of drug-likeness (QED) is 0.876. The van der Waals surface area contributed by atoms with Gasteiger partial charge in [-0.05, 0) is 32.3 Å². The smallest absolute Gasteiger partial charge is 0.214 e. The van der Waals surface area contributed by atoms with E-state index in [1.165, 1.54) is 0 Å². The third-order valence-electron chi connectivity index (χ3n) is 2.79. The lowest BCUT2D eigenvalue weighted by Crippen LogP contribution is -2.37. The van der Waals surface area contributed by atoms with Gasteiger partial charge in [-0.25, -0.2) is 13.6 Å². The third kappa shape index (κ3) is 4.32. The van der Waals surface area contributed by atoms with Crippen LogP contribution in [0, 0.1) is 0 Å². The van der Waals surface area contributed by atoms with Crippen LogP contribution in [-0.4, -0.2) is 13.2 Å². The molecular weight excluding hydrogens is 234 g/mol. The maximum absolute atomic E-state index is 11.3. The van der Waals surface area contributed by atoms with E-state index in [1.807, 2.05) is 42.5 Å². The molecule has 3 nitrogen and oxygen atoms in total. The molecule has 0 bridgehead atoms. The van der Waals surface area contributed by atoms with Crippen molar-refractivity contribution in [1.82, 2.24) is 0 Å². The Morgan fingerprint density at radius 2 is 1.82 bits per heavy atom.